The summed E-state index contributed by atoms with van der Waals surface area (Å²) in [6.45, 7) is 16.1. The van der Waals surface area contributed by atoms with Crippen molar-refractivity contribution in [2.45, 2.75) is 73.5 Å². The second kappa shape index (κ2) is 5.92. The van der Waals surface area contributed by atoms with Gasteiger partial charge in [0.2, 0.25) is 0 Å². The van der Waals surface area contributed by atoms with Crippen molar-refractivity contribution in [3.05, 3.63) is 17.2 Å². The molecular weight excluding hydrogens is 256 g/mol. The molecule has 0 heterocycles. The number of esters is 1. The lowest BCUT2D eigenvalue weighted by molar-refractivity contribution is -0.151. The molecule has 0 saturated carbocycles. The van der Waals surface area contributed by atoms with E-state index >= 15 is 0 Å². The van der Waals surface area contributed by atoms with Crippen LogP contribution in [0.1, 0.15) is 62.3 Å². The Labute approximate surface area is 122 Å². The second-order valence-electron chi connectivity index (χ2n) is 7.75. The molecule has 0 unspecified atom stereocenters. The highest BCUT2D eigenvalue weighted by molar-refractivity contribution is 5.89. The number of rotatable bonds is 2. The van der Waals surface area contributed by atoms with E-state index < -0.39 is 28.5 Å². The summed E-state index contributed by atoms with van der Waals surface area (Å²) in [5.74, 6) is -1.20. The van der Waals surface area contributed by atoms with Gasteiger partial charge >= 0.3 is 11.9 Å². The summed E-state index contributed by atoms with van der Waals surface area (Å²) in [5.41, 5.74) is 0.897. The van der Waals surface area contributed by atoms with Gasteiger partial charge in [0.15, 0.2) is 0 Å². The van der Waals surface area contributed by atoms with Gasteiger partial charge in [0, 0.05) is 5.41 Å². The van der Waals surface area contributed by atoms with Crippen LogP contribution in [-0.2, 0) is 19.4 Å². The molecule has 0 saturated heterocycles. The summed E-state index contributed by atoms with van der Waals surface area (Å²) in [4.78, 5) is 12.2. The Bertz CT molecular complexity index is 419. The first-order valence-corrected chi connectivity index (χ1v) is 6.72. The van der Waals surface area contributed by atoms with Crippen molar-refractivity contribution in [3.8, 4) is 0 Å². The highest BCUT2D eigenvalue weighted by atomic mass is 16.6. The molecule has 0 atom stereocenters. The second-order valence-corrected chi connectivity index (χ2v) is 7.75. The molecule has 4 nitrogen and oxygen atoms in total. The largest absolute Gasteiger partial charge is 0.456 e. The molecule has 0 spiro atoms. The molecule has 0 aromatic carbocycles. The summed E-state index contributed by atoms with van der Waals surface area (Å²) in [6, 6.07) is 0. The van der Waals surface area contributed by atoms with Crippen molar-refractivity contribution in [3.63, 3.8) is 0 Å². The molecule has 0 N–H and O–H groups in total. The quantitative estimate of drug-likeness (QED) is 0.333. The lowest BCUT2D eigenvalue weighted by Gasteiger charge is -2.25. The highest BCUT2D eigenvalue weighted by Gasteiger charge is 2.29. The van der Waals surface area contributed by atoms with Gasteiger partial charge in [-0.05, 0) is 47.3 Å². The zero-order valence-electron chi connectivity index (χ0n) is 14.1. The van der Waals surface area contributed by atoms with E-state index in [-0.39, 0.29) is 5.57 Å². The van der Waals surface area contributed by atoms with E-state index in [2.05, 4.69) is 5.73 Å². The van der Waals surface area contributed by atoms with Crippen molar-refractivity contribution in [2.24, 2.45) is 5.41 Å². The molecule has 0 rings (SSSR count). The van der Waals surface area contributed by atoms with E-state index in [1.165, 1.54) is 0 Å². The first kappa shape index (κ1) is 18.6. The average Bonchev–Trinajstić information content (AvgIpc) is 2.05. The Hall–Kier alpha value is -1.41. The maximum atomic E-state index is 12.2. The Balaban J connectivity index is 5.60. The van der Waals surface area contributed by atoms with Crippen molar-refractivity contribution in [1.82, 2.24) is 0 Å². The minimum Gasteiger partial charge on any atom is -0.456 e. The van der Waals surface area contributed by atoms with Crippen LogP contribution < -0.4 is 0 Å². The van der Waals surface area contributed by atoms with Gasteiger partial charge in [-0.2, -0.15) is 0 Å². The van der Waals surface area contributed by atoms with Crippen LogP contribution in [0.25, 0.3) is 0 Å². The Morgan fingerprint density at radius 3 is 1.50 bits per heavy atom. The maximum Gasteiger partial charge on any atom is 0.377 e. The van der Waals surface area contributed by atoms with Crippen molar-refractivity contribution in [1.29, 1.82) is 0 Å². The van der Waals surface area contributed by atoms with Gasteiger partial charge in [-0.15, -0.1) is 0 Å². The summed E-state index contributed by atoms with van der Waals surface area (Å²) >= 11 is 0. The molecule has 0 bridgehead atoms. The van der Waals surface area contributed by atoms with Crippen molar-refractivity contribution in [2.75, 3.05) is 0 Å². The predicted molar refractivity (Wildman–Crippen MR) is 77.4 cm³/mol. The molecule has 0 amide bonds. The lowest BCUT2D eigenvalue weighted by atomic mass is 9.87. The van der Waals surface area contributed by atoms with Crippen LogP contribution >= 0.6 is 0 Å². The smallest absolute Gasteiger partial charge is 0.377 e. The summed E-state index contributed by atoms with van der Waals surface area (Å²) in [5, 5.41) is 11.8. The average molecular weight is 283 g/mol. The number of carbonyl (C=O) groups is 1. The predicted octanol–water partition coefficient (Wildman–Crippen LogP) is 3.99. The summed E-state index contributed by atoms with van der Waals surface area (Å²) in [6.07, 6.45) is 0. The van der Waals surface area contributed by atoms with E-state index in [4.69, 9.17) is 9.47 Å². The number of ether oxygens (including phenoxy) is 2. The van der Waals surface area contributed by atoms with E-state index in [1.807, 2.05) is 20.8 Å². The molecule has 0 aromatic heterocycles. The molecule has 0 aliphatic rings. The van der Waals surface area contributed by atoms with Crippen LogP contribution in [0.5, 0.6) is 0 Å². The van der Waals surface area contributed by atoms with E-state index in [9.17, 15) is 9.90 Å². The SMILES string of the molecule is CC(C)(C)OC(=O)C(=C=C([O])OC(C)(C)C)C(C)(C)C. The third kappa shape index (κ3) is 7.90. The number of carbonyl (C=O) groups excluding carboxylic acids is 1. The van der Waals surface area contributed by atoms with Crippen molar-refractivity contribution >= 4 is 5.97 Å². The molecule has 4 heteroatoms. The van der Waals surface area contributed by atoms with Crippen LogP contribution in [0, 0.1) is 5.41 Å². The Morgan fingerprint density at radius 1 is 0.800 bits per heavy atom. The Kier molecular flexibility index (Phi) is 5.51. The van der Waals surface area contributed by atoms with Crippen LogP contribution in [0.4, 0.5) is 0 Å². The summed E-state index contributed by atoms with van der Waals surface area (Å²) in [7, 11) is 0. The molecule has 20 heavy (non-hydrogen) atoms. The number of hydrogen-bond donors (Lipinski definition) is 0. The molecule has 115 valence electrons. The summed E-state index contributed by atoms with van der Waals surface area (Å²) < 4.78 is 10.5. The lowest BCUT2D eigenvalue weighted by Crippen LogP contribution is -2.28. The van der Waals surface area contributed by atoms with Gasteiger partial charge in [0.1, 0.15) is 11.2 Å². The normalized spacial score (nSPS) is 12.4. The van der Waals surface area contributed by atoms with Gasteiger partial charge in [-0.25, -0.2) is 9.90 Å². The monoisotopic (exact) mass is 283 g/mol. The first-order valence-electron chi connectivity index (χ1n) is 6.72. The zero-order valence-corrected chi connectivity index (χ0v) is 14.1. The number of hydrogen-bond acceptors (Lipinski definition) is 3. The topological polar surface area (TPSA) is 55.4 Å². The van der Waals surface area contributed by atoms with E-state index in [1.54, 1.807) is 41.5 Å². The maximum absolute atomic E-state index is 12.2. The third-order valence-electron chi connectivity index (χ3n) is 1.98. The van der Waals surface area contributed by atoms with Crippen LogP contribution in [0.3, 0.4) is 0 Å². The van der Waals surface area contributed by atoms with Gasteiger partial charge in [-0.3, -0.25) is 0 Å². The van der Waals surface area contributed by atoms with Gasteiger partial charge in [0.25, 0.3) is 0 Å². The minimum absolute atomic E-state index is 0.182. The van der Waals surface area contributed by atoms with Gasteiger partial charge in [0.05, 0.1) is 5.57 Å². The molecule has 0 fully saturated rings. The standard InChI is InChI=1S/C16H27O4/c1-14(2,3)11(13(18)20-16(7,8)9)10-12(17)19-15(4,5)6/h1-9H3. The van der Waals surface area contributed by atoms with Crippen LogP contribution in [0.2, 0.25) is 0 Å². The molecule has 0 aromatic rings. The fourth-order valence-electron chi connectivity index (χ4n) is 1.28. The third-order valence-corrected chi connectivity index (χ3v) is 1.98. The molecular formula is C16H27O4. The fraction of sp³-hybridized carbons (Fsp3) is 0.750. The zero-order chi connectivity index (χ0) is 16.4. The molecule has 0 aliphatic carbocycles. The van der Waals surface area contributed by atoms with E-state index in [0.717, 1.165) is 0 Å². The van der Waals surface area contributed by atoms with Gasteiger partial charge in [-0.1, -0.05) is 20.8 Å². The highest BCUT2D eigenvalue weighted by Crippen LogP contribution is 2.27. The van der Waals surface area contributed by atoms with E-state index in [0.29, 0.717) is 0 Å². The van der Waals surface area contributed by atoms with Crippen LogP contribution in [0.15, 0.2) is 17.2 Å². The molecule has 1 radical (unpaired) electrons. The first-order chi connectivity index (χ1) is 8.62. The van der Waals surface area contributed by atoms with Crippen molar-refractivity contribution < 1.29 is 19.4 Å². The fourth-order valence-corrected chi connectivity index (χ4v) is 1.28. The van der Waals surface area contributed by atoms with Gasteiger partial charge < -0.3 is 9.47 Å². The molecule has 0 aliphatic heterocycles. The Morgan fingerprint density at radius 2 is 1.20 bits per heavy atom. The minimum atomic E-state index is -0.659. The van der Waals surface area contributed by atoms with Crippen LogP contribution in [-0.4, -0.2) is 17.2 Å².